The molecule has 2 aromatic rings. The van der Waals surface area contributed by atoms with E-state index in [9.17, 15) is 14.9 Å². The molecule has 28 heavy (non-hydrogen) atoms. The lowest BCUT2D eigenvalue weighted by Gasteiger charge is -2.31. The highest BCUT2D eigenvalue weighted by atomic mass is 16.6. The molecule has 0 saturated carbocycles. The Morgan fingerprint density at radius 2 is 1.82 bits per heavy atom. The third kappa shape index (κ3) is 5.51. The first kappa shape index (κ1) is 19.8. The number of hydrogen-bond acceptors (Lipinski definition) is 6. The molecule has 1 amide bonds. The molecule has 1 N–H and O–H groups in total. The quantitative estimate of drug-likeness (QED) is 0.553. The van der Waals surface area contributed by atoms with Crippen LogP contribution in [0.25, 0.3) is 0 Å². The van der Waals surface area contributed by atoms with Crippen LogP contribution in [0.1, 0.15) is 11.6 Å². The van der Waals surface area contributed by atoms with E-state index in [1.807, 2.05) is 30.3 Å². The van der Waals surface area contributed by atoms with Crippen molar-refractivity contribution < 1.29 is 19.2 Å². The zero-order valence-corrected chi connectivity index (χ0v) is 15.5. The van der Waals surface area contributed by atoms with Crippen molar-refractivity contribution in [1.29, 1.82) is 0 Å². The van der Waals surface area contributed by atoms with Crippen LogP contribution in [0.2, 0.25) is 0 Å². The van der Waals surface area contributed by atoms with Crippen molar-refractivity contribution >= 4 is 11.6 Å². The highest BCUT2D eigenvalue weighted by molar-refractivity contribution is 5.78. The van der Waals surface area contributed by atoms with Crippen LogP contribution in [0, 0.1) is 10.1 Å². The number of para-hydroxylation sites is 2. The van der Waals surface area contributed by atoms with Gasteiger partial charge < -0.3 is 14.8 Å². The number of nitro groups is 1. The molecule has 1 unspecified atom stereocenters. The third-order valence-electron chi connectivity index (χ3n) is 4.50. The van der Waals surface area contributed by atoms with Gasteiger partial charge in [0.15, 0.2) is 12.4 Å². The second-order valence-corrected chi connectivity index (χ2v) is 6.46. The van der Waals surface area contributed by atoms with Gasteiger partial charge in [-0.2, -0.15) is 0 Å². The Morgan fingerprint density at radius 3 is 2.54 bits per heavy atom. The van der Waals surface area contributed by atoms with E-state index in [1.165, 1.54) is 12.1 Å². The summed E-state index contributed by atoms with van der Waals surface area (Å²) in [7, 11) is 0. The number of carbonyl (C=O) groups excluding carboxylic acids is 1. The molecule has 2 aromatic carbocycles. The van der Waals surface area contributed by atoms with E-state index in [0.717, 1.165) is 18.7 Å². The van der Waals surface area contributed by atoms with Crippen molar-refractivity contribution in [2.45, 2.75) is 6.04 Å². The number of morpholine rings is 1. The van der Waals surface area contributed by atoms with Gasteiger partial charge >= 0.3 is 5.69 Å². The molecule has 0 radical (unpaired) electrons. The molecular formula is C20H23N3O5. The molecule has 8 heteroatoms. The number of rotatable bonds is 8. The molecule has 3 rings (SSSR count). The number of benzene rings is 2. The van der Waals surface area contributed by atoms with Gasteiger partial charge in [0.05, 0.1) is 24.2 Å². The van der Waals surface area contributed by atoms with E-state index in [-0.39, 0.29) is 30.0 Å². The highest BCUT2D eigenvalue weighted by Gasteiger charge is 2.21. The minimum atomic E-state index is -0.529. The number of carbonyl (C=O) groups is 1. The van der Waals surface area contributed by atoms with Gasteiger partial charge in [-0.15, -0.1) is 0 Å². The molecule has 1 atom stereocenters. The van der Waals surface area contributed by atoms with Crippen LogP contribution < -0.4 is 10.1 Å². The van der Waals surface area contributed by atoms with Gasteiger partial charge in [0.25, 0.3) is 5.91 Å². The van der Waals surface area contributed by atoms with Crippen molar-refractivity contribution in [3.63, 3.8) is 0 Å². The first-order chi connectivity index (χ1) is 13.6. The maximum Gasteiger partial charge on any atom is 0.310 e. The molecule has 1 saturated heterocycles. The Labute approximate surface area is 163 Å². The average molecular weight is 385 g/mol. The molecule has 0 aliphatic carbocycles. The molecule has 1 aliphatic heterocycles. The van der Waals surface area contributed by atoms with Crippen LogP contribution in [0.15, 0.2) is 54.6 Å². The van der Waals surface area contributed by atoms with E-state index in [4.69, 9.17) is 9.47 Å². The predicted molar refractivity (Wildman–Crippen MR) is 103 cm³/mol. The van der Waals surface area contributed by atoms with Crippen molar-refractivity contribution in [3.05, 3.63) is 70.3 Å². The summed E-state index contributed by atoms with van der Waals surface area (Å²) in [5.41, 5.74) is 0.830. The standard InChI is InChI=1S/C20H23N3O5/c24-20(15-28-19-9-5-4-8-18(19)23(25)26)21-17(16-6-2-1-3-7-16)14-22-10-12-27-13-11-22/h1-9,17H,10-15H2,(H,21,24). The van der Waals surface area contributed by atoms with Crippen LogP contribution in [0.5, 0.6) is 5.75 Å². The molecule has 8 nitrogen and oxygen atoms in total. The summed E-state index contributed by atoms with van der Waals surface area (Å²) in [6, 6.07) is 15.5. The van der Waals surface area contributed by atoms with Gasteiger partial charge in [-0.1, -0.05) is 42.5 Å². The Kier molecular flexibility index (Phi) is 6.94. The van der Waals surface area contributed by atoms with Crippen molar-refractivity contribution in [2.24, 2.45) is 0 Å². The van der Waals surface area contributed by atoms with Crippen molar-refractivity contribution in [3.8, 4) is 5.75 Å². The van der Waals surface area contributed by atoms with Crippen LogP contribution in [-0.2, 0) is 9.53 Å². The zero-order chi connectivity index (χ0) is 19.8. The summed E-state index contributed by atoms with van der Waals surface area (Å²) < 4.78 is 10.8. The minimum absolute atomic E-state index is 0.0760. The molecular weight excluding hydrogens is 362 g/mol. The summed E-state index contributed by atoms with van der Waals surface area (Å²) in [6.07, 6.45) is 0. The number of amides is 1. The smallest absolute Gasteiger partial charge is 0.310 e. The summed E-state index contributed by atoms with van der Waals surface area (Å²) >= 11 is 0. The van der Waals surface area contributed by atoms with Crippen LogP contribution in [0.4, 0.5) is 5.69 Å². The Balaban J connectivity index is 1.63. The van der Waals surface area contributed by atoms with Gasteiger partial charge in [-0.25, -0.2) is 0 Å². The number of nitro benzene ring substituents is 1. The Hall–Kier alpha value is -2.97. The molecule has 0 bridgehead atoms. The molecule has 1 heterocycles. The number of ether oxygens (including phenoxy) is 2. The topological polar surface area (TPSA) is 93.9 Å². The van der Waals surface area contributed by atoms with Crippen molar-refractivity contribution in [2.75, 3.05) is 39.5 Å². The second kappa shape index (κ2) is 9.82. The van der Waals surface area contributed by atoms with Gasteiger partial charge in [-0.05, 0) is 11.6 Å². The van der Waals surface area contributed by atoms with Gasteiger partial charge in [0, 0.05) is 25.7 Å². The largest absolute Gasteiger partial charge is 0.477 e. The molecule has 148 valence electrons. The number of hydrogen-bond donors (Lipinski definition) is 1. The first-order valence-corrected chi connectivity index (χ1v) is 9.14. The van der Waals surface area contributed by atoms with Gasteiger partial charge in [-0.3, -0.25) is 19.8 Å². The molecule has 1 aliphatic rings. The summed E-state index contributed by atoms with van der Waals surface area (Å²) in [5, 5.41) is 14.0. The van der Waals surface area contributed by atoms with Crippen LogP contribution >= 0.6 is 0 Å². The van der Waals surface area contributed by atoms with Crippen molar-refractivity contribution in [1.82, 2.24) is 10.2 Å². The molecule has 1 fully saturated rings. The predicted octanol–water partition coefficient (Wildman–Crippen LogP) is 2.16. The maximum absolute atomic E-state index is 12.5. The highest BCUT2D eigenvalue weighted by Crippen LogP contribution is 2.25. The van der Waals surface area contributed by atoms with Gasteiger partial charge in [0.1, 0.15) is 0 Å². The summed E-state index contributed by atoms with van der Waals surface area (Å²) in [4.78, 5) is 25.2. The van der Waals surface area contributed by atoms with Gasteiger partial charge in [0.2, 0.25) is 0 Å². The third-order valence-corrected chi connectivity index (χ3v) is 4.50. The molecule has 0 aromatic heterocycles. The fourth-order valence-electron chi connectivity index (χ4n) is 3.07. The van der Waals surface area contributed by atoms with E-state index >= 15 is 0 Å². The fourth-order valence-corrected chi connectivity index (χ4v) is 3.07. The van der Waals surface area contributed by atoms with Crippen LogP contribution in [0.3, 0.4) is 0 Å². The minimum Gasteiger partial charge on any atom is -0.477 e. The lowest BCUT2D eigenvalue weighted by molar-refractivity contribution is -0.385. The lowest BCUT2D eigenvalue weighted by atomic mass is 10.1. The van der Waals surface area contributed by atoms with E-state index in [1.54, 1.807) is 12.1 Å². The van der Waals surface area contributed by atoms with E-state index in [2.05, 4.69) is 10.2 Å². The number of nitrogens with zero attached hydrogens (tertiary/aromatic N) is 2. The fraction of sp³-hybridized carbons (Fsp3) is 0.350. The first-order valence-electron chi connectivity index (χ1n) is 9.14. The lowest BCUT2D eigenvalue weighted by Crippen LogP contribution is -2.44. The van der Waals surface area contributed by atoms with E-state index in [0.29, 0.717) is 19.8 Å². The SMILES string of the molecule is O=C(COc1ccccc1[N+](=O)[O-])NC(CN1CCOCC1)c1ccccc1. The Morgan fingerprint density at radius 1 is 1.14 bits per heavy atom. The summed E-state index contributed by atoms with van der Waals surface area (Å²) in [6.45, 7) is 3.34. The zero-order valence-electron chi connectivity index (χ0n) is 15.5. The summed E-state index contributed by atoms with van der Waals surface area (Å²) in [5.74, 6) is -0.257. The number of nitrogens with one attached hydrogen (secondary N) is 1. The normalized spacial score (nSPS) is 15.6. The second-order valence-electron chi connectivity index (χ2n) is 6.46. The Bertz CT molecular complexity index is 793. The van der Waals surface area contributed by atoms with E-state index < -0.39 is 4.92 Å². The monoisotopic (exact) mass is 385 g/mol. The maximum atomic E-state index is 12.5. The molecule has 0 spiro atoms. The average Bonchev–Trinajstić information content (AvgIpc) is 2.73. The van der Waals surface area contributed by atoms with Crippen LogP contribution in [-0.4, -0.2) is 55.2 Å².